The van der Waals surface area contributed by atoms with Crippen LogP contribution in [-0.2, 0) is 0 Å². The summed E-state index contributed by atoms with van der Waals surface area (Å²) in [6.07, 6.45) is 0. The lowest BCUT2D eigenvalue weighted by Crippen LogP contribution is -2.15. The summed E-state index contributed by atoms with van der Waals surface area (Å²) in [5.41, 5.74) is 1.05. The number of anilines is 1. The van der Waals surface area contributed by atoms with Crippen molar-refractivity contribution in [2.24, 2.45) is 0 Å². The summed E-state index contributed by atoms with van der Waals surface area (Å²) in [5, 5.41) is 11.4. The van der Waals surface area contributed by atoms with Gasteiger partial charge < -0.3 is 10.4 Å². The Hall–Kier alpha value is -2.69. The molecule has 5 heteroatoms. The molecule has 0 aliphatic heterocycles. The van der Waals surface area contributed by atoms with E-state index in [2.05, 4.69) is 5.32 Å². The fourth-order valence-electron chi connectivity index (χ4n) is 1.79. The van der Waals surface area contributed by atoms with Crippen molar-refractivity contribution in [2.75, 3.05) is 5.32 Å². The van der Waals surface area contributed by atoms with Gasteiger partial charge in [0.2, 0.25) is 0 Å². The highest BCUT2D eigenvalue weighted by molar-refractivity contribution is 6.07. The molecule has 0 saturated carbocycles. The van der Waals surface area contributed by atoms with Gasteiger partial charge in [-0.2, -0.15) is 0 Å². The number of hydrogen-bond donors (Lipinski definition) is 2. The SMILES string of the molecule is Cc1cccc(C(=O)Nc2cc(F)ccc2C(=O)O)c1. The van der Waals surface area contributed by atoms with E-state index in [4.69, 9.17) is 5.11 Å². The minimum Gasteiger partial charge on any atom is -0.478 e. The van der Waals surface area contributed by atoms with Crippen molar-refractivity contribution in [2.45, 2.75) is 6.92 Å². The number of benzene rings is 2. The van der Waals surface area contributed by atoms with E-state index >= 15 is 0 Å². The standard InChI is InChI=1S/C15H12FNO3/c1-9-3-2-4-10(7-9)14(18)17-13-8-11(16)5-6-12(13)15(19)20/h2-8H,1H3,(H,17,18)(H,19,20). The number of rotatable bonds is 3. The Morgan fingerprint density at radius 2 is 1.90 bits per heavy atom. The number of carboxylic acid groups (broad SMARTS) is 1. The molecular weight excluding hydrogens is 261 g/mol. The summed E-state index contributed by atoms with van der Waals surface area (Å²) in [6.45, 7) is 1.83. The zero-order chi connectivity index (χ0) is 14.7. The quantitative estimate of drug-likeness (QED) is 0.903. The van der Waals surface area contributed by atoms with Gasteiger partial charge in [-0.15, -0.1) is 0 Å². The summed E-state index contributed by atoms with van der Waals surface area (Å²) in [6, 6.07) is 9.94. The molecular formula is C15H12FNO3. The van der Waals surface area contributed by atoms with Gasteiger partial charge in [0.25, 0.3) is 5.91 Å². The molecule has 102 valence electrons. The number of aryl methyl sites for hydroxylation is 1. The number of nitrogens with one attached hydrogen (secondary N) is 1. The number of amides is 1. The van der Waals surface area contributed by atoms with E-state index in [1.807, 2.05) is 13.0 Å². The number of halogens is 1. The topological polar surface area (TPSA) is 66.4 Å². The summed E-state index contributed by atoms with van der Waals surface area (Å²) in [5.74, 6) is -2.33. The molecule has 0 aromatic heterocycles. The number of aromatic carboxylic acids is 1. The van der Waals surface area contributed by atoms with E-state index in [1.165, 1.54) is 0 Å². The van der Waals surface area contributed by atoms with Crippen molar-refractivity contribution < 1.29 is 19.1 Å². The van der Waals surface area contributed by atoms with Crippen LogP contribution < -0.4 is 5.32 Å². The van der Waals surface area contributed by atoms with Crippen LogP contribution >= 0.6 is 0 Å². The summed E-state index contributed by atoms with van der Waals surface area (Å²) in [7, 11) is 0. The molecule has 0 radical (unpaired) electrons. The molecule has 0 spiro atoms. The molecule has 0 saturated heterocycles. The van der Waals surface area contributed by atoms with Gasteiger partial charge in [-0.25, -0.2) is 9.18 Å². The van der Waals surface area contributed by atoms with Crippen LogP contribution in [-0.4, -0.2) is 17.0 Å². The lowest BCUT2D eigenvalue weighted by Gasteiger charge is -2.09. The first kappa shape index (κ1) is 13.7. The summed E-state index contributed by atoms with van der Waals surface area (Å²) < 4.78 is 13.2. The predicted molar refractivity (Wildman–Crippen MR) is 72.5 cm³/mol. The minimum absolute atomic E-state index is 0.0657. The van der Waals surface area contributed by atoms with Crippen LogP contribution in [0.3, 0.4) is 0 Å². The molecule has 0 fully saturated rings. The van der Waals surface area contributed by atoms with E-state index < -0.39 is 17.7 Å². The first-order valence-corrected chi connectivity index (χ1v) is 5.88. The fourth-order valence-corrected chi connectivity index (χ4v) is 1.79. The second kappa shape index (κ2) is 5.52. The number of carboxylic acids is 1. The Labute approximate surface area is 114 Å². The fraction of sp³-hybridized carbons (Fsp3) is 0.0667. The van der Waals surface area contributed by atoms with Crippen molar-refractivity contribution in [3.8, 4) is 0 Å². The third kappa shape index (κ3) is 3.00. The molecule has 2 aromatic carbocycles. The lowest BCUT2D eigenvalue weighted by molar-refractivity contribution is 0.0698. The maximum atomic E-state index is 13.2. The van der Waals surface area contributed by atoms with Crippen LogP contribution in [0.1, 0.15) is 26.3 Å². The van der Waals surface area contributed by atoms with Crippen LogP contribution in [0.15, 0.2) is 42.5 Å². The van der Waals surface area contributed by atoms with Gasteiger partial charge in [-0.05, 0) is 37.3 Å². The molecule has 0 aliphatic rings. The van der Waals surface area contributed by atoms with Crippen LogP contribution in [0.4, 0.5) is 10.1 Å². The van der Waals surface area contributed by atoms with E-state index in [9.17, 15) is 14.0 Å². The van der Waals surface area contributed by atoms with Crippen LogP contribution in [0.5, 0.6) is 0 Å². The van der Waals surface area contributed by atoms with Gasteiger partial charge in [-0.1, -0.05) is 17.7 Å². The normalized spacial score (nSPS) is 10.1. The molecule has 0 atom stereocenters. The minimum atomic E-state index is -1.23. The molecule has 0 heterocycles. The van der Waals surface area contributed by atoms with Crippen LogP contribution in [0, 0.1) is 12.7 Å². The van der Waals surface area contributed by atoms with Crippen LogP contribution in [0.2, 0.25) is 0 Å². The predicted octanol–water partition coefficient (Wildman–Crippen LogP) is 3.08. The maximum absolute atomic E-state index is 13.2. The highest BCUT2D eigenvalue weighted by atomic mass is 19.1. The molecule has 2 aromatic rings. The molecule has 1 amide bonds. The molecule has 2 rings (SSSR count). The van der Waals surface area contributed by atoms with E-state index in [1.54, 1.807) is 18.2 Å². The highest BCUT2D eigenvalue weighted by Crippen LogP contribution is 2.18. The van der Waals surface area contributed by atoms with Gasteiger partial charge >= 0.3 is 5.97 Å². The van der Waals surface area contributed by atoms with Crippen molar-refractivity contribution in [1.82, 2.24) is 0 Å². The Bertz CT molecular complexity index is 683. The zero-order valence-corrected chi connectivity index (χ0v) is 10.7. The smallest absolute Gasteiger partial charge is 0.337 e. The molecule has 2 N–H and O–H groups in total. The second-order valence-corrected chi connectivity index (χ2v) is 4.32. The average Bonchev–Trinajstić information content (AvgIpc) is 2.38. The Kier molecular flexibility index (Phi) is 3.79. The zero-order valence-electron chi connectivity index (χ0n) is 10.7. The lowest BCUT2D eigenvalue weighted by atomic mass is 10.1. The van der Waals surface area contributed by atoms with Gasteiger partial charge in [0.15, 0.2) is 0 Å². The maximum Gasteiger partial charge on any atom is 0.337 e. The molecule has 20 heavy (non-hydrogen) atoms. The van der Waals surface area contributed by atoms with E-state index in [0.29, 0.717) is 5.56 Å². The summed E-state index contributed by atoms with van der Waals surface area (Å²) >= 11 is 0. The summed E-state index contributed by atoms with van der Waals surface area (Å²) in [4.78, 5) is 23.1. The third-order valence-electron chi connectivity index (χ3n) is 2.74. The second-order valence-electron chi connectivity index (χ2n) is 4.32. The largest absolute Gasteiger partial charge is 0.478 e. The number of hydrogen-bond acceptors (Lipinski definition) is 2. The molecule has 0 aliphatic carbocycles. The average molecular weight is 273 g/mol. The monoisotopic (exact) mass is 273 g/mol. The Morgan fingerprint density at radius 1 is 1.15 bits per heavy atom. The Morgan fingerprint density at radius 3 is 2.55 bits per heavy atom. The van der Waals surface area contributed by atoms with Crippen molar-refractivity contribution in [3.63, 3.8) is 0 Å². The third-order valence-corrected chi connectivity index (χ3v) is 2.74. The van der Waals surface area contributed by atoms with Gasteiger partial charge in [0.1, 0.15) is 5.82 Å². The van der Waals surface area contributed by atoms with Gasteiger partial charge in [0.05, 0.1) is 11.3 Å². The molecule has 0 bridgehead atoms. The molecule has 0 unspecified atom stereocenters. The number of carbonyl (C=O) groups is 2. The van der Waals surface area contributed by atoms with Crippen molar-refractivity contribution in [1.29, 1.82) is 0 Å². The van der Waals surface area contributed by atoms with Gasteiger partial charge in [-0.3, -0.25) is 4.79 Å². The number of carbonyl (C=O) groups excluding carboxylic acids is 1. The first-order chi connectivity index (χ1) is 9.47. The first-order valence-electron chi connectivity index (χ1n) is 5.88. The van der Waals surface area contributed by atoms with Gasteiger partial charge in [0, 0.05) is 5.56 Å². The highest BCUT2D eigenvalue weighted by Gasteiger charge is 2.14. The van der Waals surface area contributed by atoms with E-state index in [0.717, 1.165) is 23.8 Å². The van der Waals surface area contributed by atoms with Crippen molar-refractivity contribution in [3.05, 3.63) is 65.0 Å². The van der Waals surface area contributed by atoms with Crippen molar-refractivity contribution >= 4 is 17.6 Å². The van der Waals surface area contributed by atoms with Crippen LogP contribution in [0.25, 0.3) is 0 Å². The molecule has 4 nitrogen and oxygen atoms in total. The Balaban J connectivity index is 2.32. The van der Waals surface area contributed by atoms with E-state index in [-0.39, 0.29) is 11.3 Å².